The molecule has 1 atom stereocenters. The van der Waals surface area contributed by atoms with Crippen molar-refractivity contribution in [1.82, 2.24) is 14.5 Å². The fraction of sp³-hybridized carbons (Fsp3) is 0.417. The Bertz CT molecular complexity index is 1040. The van der Waals surface area contributed by atoms with Crippen LogP contribution in [0.15, 0.2) is 53.4 Å². The van der Waals surface area contributed by atoms with E-state index in [2.05, 4.69) is 5.32 Å². The van der Waals surface area contributed by atoms with E-state index in [0.29, 0.717) is 18.0 Å². The topological polar surface area (TPSA) is 86.8 Å². The number of likely N-dealkylation sites (N-methyl/N-ethyl adjacent to an activating group) is 1. The predicted octanol–water partition coefficient (Wildman–Crippen LogP) is 3.60. The minimum Gasteiger partial charge on any atom is -0.354 e. The van der Waals surface area contributed by atoms with Gasteiger partial charge >= 0.3 is 0 Å². The molecule has 180 valence electrons. The number of amides is 2. The van der Waals surface area contributed by atoms with E-state index >= 15 is 0 Å². The van der Waals surface area contributed by atoms with Crippen molar-refractivity contribution in [3.63, 3.8) is 0 Å². The summed E-state index contributed by atoms with van der Waals surface area (Å²) in [5, 5.41) is 3.41. The summed E-state index contributed by atoms with van der Waals surface area (Å²) in [5.74, 6) is -0.715. The zero-order chi connectivity index (χ0) is 24.6. The van der Waals surface area contributed by atoms with Gasteiger partial charge in [-0.3, -0.25) is 9.59 Å². The van der Waals surface area contributed by atoms with E-state index in [1.54, 1.807) is 36.4 Å². The molecule has 2 aromatic carbocycles. The molecule has 0 heterocycles. The number of halogens is 1. The molecule has 2 aromatic rings. The molecule has 0 saturated heterocycles. The summed E-state index contributed by atoms with van der Waals surface area (Å²) in [6.45, 7) is 5.91. The Hall–Kier alpha value is -2.42. The first-order valence-electron chi connectivity index (χ1n) is 10.9. The molecule has 0 unspecified atom stereocenters. The molecule has 0 radical (unpaired) electrons. The molecule has 0 aromatic heterocycles. The Labute approximate surface area is 201 Å². The van der Waals surface area contributed by atoms with Crippen molar-refractivity contribution >= 4 is 33.4 Å². The maximum atomic E-state index is 13.3. The second kappa shape index (κ2) is 12.2. The largest absolute Gasteiger partial charge is 0.354 e. The monoisotopic (exact) mass is 493 g/mol. The van der Waals surface area contributed by atoms with Crippen LogP contribution in [-0.4, -0.2) is 55.6 Å². The van der Waals surface area contributed by atoms with Crippen molar-refractivity contribution in [2.45, 2.75) is 51.1 Å². The highest BCUT2D eigenvalue weighted by Gasteiger charge is 2.31. The number of hydrogen-bond donors (Lipinski definition) is 1. The van der Waals surface area contributed by atoms with Crippen LogP contribution in [-0.2, 0) is 26.2 Å². The quantitative estimate of drug-likeness (QED) is 0.518. The van der Waals surface area contributed by atoms with Crippen molar-refractivity contribution in [1.29, 1.82) is 0 Å². The summed E-state index contributed by atoms with van der Waals surface area (Å²) < 4.78 is 27.0. The summed E-state index contributed by atoms with van der Waals surface area (Å²) in [7, 11) is -2.50. The molecular formula is C24H32ClN3O4S. The number of benzene rings is 2. The van der Waals surface area contributed by atoms with Gasteiger partial charge in [0.05, 0.1) is 11.4 Å². The van der Waals surface area contributed by atoms with Crippen LogP contribution >= 0.6 is 11.6 Å². The highest BCUT2D eigenvalue weighted by atomic mass is 35.5. The molecule has 0 saturated carbocycles. The lowest BCUT2D eigenvalue weighted by Gasteiger charge is -2.32. The lowest BCUT2D eigenvalue weighted by atomic mass is 10.1. The Morgan fingerprint density at radius 3 is 2.18 bits per heavy atom. The third-order valence-corrected chi connectivity index (χ3v) is 7.36. The maximum absolute atomic E-state index is 13.3. The van der Waals surface area contributed by atoms with E-state index in [1.165, 1.54) is 24.1 Å². The first kappa shape index (κ1) is 26.8. The van der Waals surface area contributed by atoms with Gasteiger partial charge in [-0.15, -0.1) is 0 Å². The summed E-state index contributed by atoms with van der Waals surface area (Å²) >= 11 is 5.98. The summed E-state index contributed by atoms with van der Waals surface area (Å²) in [5.41, 5.74) is 1.73. The fourth-order valence-corrected chi connectivity index (χ4v) is 4.57. The molecule has 0 bridgehead atoms. The van der Waals surface area contributed by atoms with Crippen molar-refractivity contribution in [3.05, 3.63) is 64.7 Å². The Morgan fingerprint density at radius 2 is 1.64 bits per heavy atom. The van der Waals surface area contributed by atoms with Crippen molar-refractivity contribution < 1.29 is 18.0 Å². The summed E-state index contributed by atoms with van der Waals surface area (Å²) in [6, 6.07) is 12.7. The average molecular weight is 494 g/mol. The molecule has 0 aliphatic rings. The molecule has 2 rings (SSSR count). The molecule has 0 aliphatic heterocycles. The minimum absolute atomic E-state index is 0.111. The number of nitrogens with one attached hydrogen (secondary N) is 1. The van der Waals surface area contributed by atoms with Crippen molar-refractivity contribution in [3.8, 4) is 0 Å². The molecule has 33 heavy (non-hydrogen) atoms. The lowest BCUT2D eigenvalue weighted by Crippen LogP contribution is -2.51. The van der Waals surface area contributed by atoms with E-state index in [9.17, 15) is 18.0 Å². The van der Waals surface area contributed by atoms with Crippen LogP contribution in [0, 0.1) is 6.92 Å². The Balaban J connectivity index is 2.29. The van der Waals surface area contributed by atoms with Crippen LogP contribution in [0.25, 0.3) is 0 Å². The molecular weight excluding hydrogens is 462 g/mol. The average Bonchev–Trinajstić information content (AvgIpc) is 2.78. The zero-order valence-corrected chi connectivity index (χ0v) is 21.1. The number of hydrogen-bond acceptors (Lipinski definition) is 4. The van der Waals surface area contributed by atoms with Crippen molar-refractivity contribution in [2.75, 3.05) is 20.1 Å². The van der Waals surface area contributed by atoms with E-state index in [0.717, 1.165) is 21.9 Å². The Kier molecular flexibility index (Phi) is 9.88. The van der Waals surface area contributed by atoms with Gasteiger partial charge in [0.2, 0.25) is 21.8 Å². The molecule has 2 amide bonds. The second-order valence-electron chi connectivity index (χ2n) is 7.94. The number of carbonyl (C=O) groups excluding carboxylic acids is 2. The molecule has 0 fully saturated rings. The van der Waals surface area contributed by atoms with Gasteiger partial charge in [-0.1, -0.05) is 55.3 Å². The lowest BCUT2D eigenvalue weighted by molar-refractivity contribution is -0.141. The normalized spacial score (nSPS) is 12.4. The first-order chi connectivity index (χ1) is 15.6. The van der Waals surface area contributed by atoms with Gasteiger partial charge in [0.1, 0.15) is 6.04 Å². The van der Waals surface area contributed by atoms with Crippen LogP contribution in [0.4, 0.5) is 0 Å². The molecule has 9 heteroatoms. The van der Waals surface area contributed by atoms with E-state index in [4.69, 9.17) is 11.6 Å². The van der Waals surface area contributed by atoms with Gasteiger partial charge < -0.3 is 10.2 Å². The SMILES string of the molecule is CCCNC(=O)[C@H](CC)N(Cc1ccc(Cl)cc1)C(=O)CN(C)S(=O)(=O)c1ccc(C)cc1. The van der Waals surface area contributed by atoms with E-state index < -0.39 is 22.0 Å². The number of sulfonamides is 1. The molecule has 7 nitrogen and oxygen atoms in total. The van der Waals surface area contributed by atoms with Crippen LogP contribution in [0.1, 0.15) is 37.8 Å². The van der Waals surface area contributed by atoms with Gasteiger partial charge in [-0.25, -0.2) is 8.42 Å². The second-order valence-corrected chi connectivity index (χ2v) is 10.4. The number of rotatable bonds is 11. The van der Waals surface area contributed by atoms with Gasteiger partial charge in [0.25, 0.3) is 0 Å². The minimum atomic E-state index is -3.86. The van der Waals surface area contributed by atoms with Gasteiger partial charge in [-0.2, -0.15) is 4.31 Å². The third-order valence-electron chi connectivity index (χ3n) is 5.29. The summed E-state index contributed by atoms with van der Waals surface area (Å²) in [4.78, 5) is 27.7. The molecule has 0 aliphatic carbocycles. The highest BCUT2D eigenvalue weighted by Crippen LogP contribution is 2.18. The number of aryl methyl sites for hydroxylation is 1. The smallest absolute Gasteiger partial charge is 0.243 e. The predicted molar refractivity (Wildman–Crippen MR) is 130 cm³/mol. The maximum Gasteiger partial charge on any atom is 0.243 e. The third kappa shape index (κ3) is 7.28. The summed E-state index contributed by atoms with van der Waals surface area (Å²) in [6.07, 6.45) is 1.16. The number of nitrogens with zero attached hydrogens (tertiary/aromatic N) is 2. The molecule has 0 spiro atoms. The highest BCUT2D eigenvalue weighted by molar-refractivity contribution is 7.89. The molecule has 1 N–H and O–H groups in total. The number of carbonyl (C=O) groups is 2. The van der Waals surface area contributed by atoms with Crippen LogP contribution in [0.3, 0.4) is 0 Å². The van der Waals surface area contributed by atoms with Gasteiger partial charge in [0, 0.05) is 25.2 Å². The first-order valence-corrected chi connectivity index (χ1v) is 12.8. The Morgan fingerprint density at radius 1 is 1.03 bits per heavy atom. The fourth-order valence-electron chi connectivity index (χ4n) is 3.33. The zero-order valence-electron chi connectivity index (χ0n) is 19.5. The van der Waals surface area contributed by atoms with Gasteiger partial charge in [-0.05, 0) is 49.6 Å². The van der Waals surface area contributed by atoms with Crippen LogP contribution < -0.4 is 5.32 Å². The van der Waals surface area contributed by atoms with Crippen LogP contribution in [0.2, 0.25) is 5.02 Å². The van der Waals surface area contributed by atoms with E-state index in [-0.39, 0.29) is 23.9 Å². The van der Waals surface area contributed by atoms with E-state index in [1.807, 2.05) is 20.8 Å². The van der Waals surface area contributed by atoms with Gasteiger partial charge in [0.15, 0.2) is 0 Å². The van der Waals surface area contributed by atoms with Crippen molar-refractivity contribution in [2.24, 2.45) is 0 Å². The standard InChI is InChI=1S/C24H32ClN3O4S/c1-5-15-26-24(30)22(6-2)28(16-19-9-11-20(25)12-10-19)23(29)17-27(4)33(31,32)21-13-7-18(3)8-14-21/h7-14,22H,5-6,15-17H2,1-4H3,(H,26,30)/t22-/m0/s1. The van der Waals surface area contributed by atoms with Crippen LogP contribution in [0.5, 0.6) is 0 Å².